The van der Waals surface area contributed by atoms with Gasteiger partial charge in [0.15, 0.2) is 17.5 Å². The molecule has 1 aromatic carbocycles. The lowest BCUT2D eigenvalue weighted by molar-refractivity contribution is 0.0659. The first-order valence-corrected chi connectivity index (χ1v) is 7.41. The Morgan fingerprint density at radius 1 is 1.04 bits per heavy atom. The van der Waals surface area contributed by atoms with Gasteiger partial charge >= 0.3 is 6.03 Å². The van der Waals surface area contributed by atoms with Gasteiger partial charge in [-0.3, -0.25) is 4.79 Å². The normalized spacial score (nSPS) is 14.8. The Morgan fingerprint density at radius 2 is 1.65 bits per heavy atom. The summed E-state index contributed by atoms with van der Waals surface area (Å²) in [7, 11) is 0. The van der Waals surface area contributed by atoms with Gasteiger partial charge in [-0.1, -0.05) is 6.92 Å². The van der Waals surface area contributed by atoms with Gasteiger partial charge in [0, 0.05) is 32.7 Å². The molecule has 1 aromatic rings. The lowest BCUT2D eigenvalue weighted by atomic mass is 10.1. The second-order valence-corrected chi connectivity index (χ2v) is 5.23. The van der Waals surface area contributed by atoms with Crippen molar-refractivity contribution >= 4 is 11.9 Å². The highest BCUT2D eigenvalue weighted by molar-refractivity contribution is 5.94. The van der Waals surface area contributed by atoms with Gasteiger partial charge in [-0.2, -0.15) is 0 Å². The molecule has 1 N–H and O–H groups in total. The van der Waals surface area contributed by atoms with Gasteiger partial charge in [0.2, 0.25) is 0 Å². The van der Waals surface area contributed by atoms with Crippen LogP contribution in [-0.4, -0.2) is 54.5 Å². The molecule has 3 amide bonds. The fourth-order valence-corrected chi connectivity index (χ4v) is 2.32. The minimum Gasteiger partial charge on any atom is -0.338 e. The quantitative estimate of drug-likeness (QED) is 0.862. The summed E-state index contributed by atoms with van der Waals surface area (Å²) in [6, 6.07) is 1.44. The van der Waals surface area contributed by atoms with E-state index in [4.69, 9.17) is 0 Å². The Hall–Kier alpha value is -2.25. The van der Waals surface area contributed by atoms with Crippen molar-refractivity contribution in [1.82, 2.24) is 15.1 Å². The Kier molecular flexibility index (Phi) is 5.46. The predicted octanol–water partition coefficient (Wildman–Crippen LogP) is 1.98. The highest BCUT2D eigenvalue weighted by atomic mass is 19.2. The lowest BCUT2D eigenvalue weighted by Crippen LogP contribution is -2.53. The topological polar surface area (TPSA) is 52.7 Å². The van der Waals surface area contributed by atoms with Crippen molar-refractivity contribution in [3.05, 3.63) is 35.1 Å². The molecule has 1 aliphatic heterocycles. The van der Waals surface area contributed by atoms with Crippen molar-refractivity contribution in [3.8, 4) is 0 Å². The molecule has 23 heavy (non-hydrogen) atoms. The number of nitrogens with zero attached hydrogens (tertiary/aromatic N) is 2. The van der Waals surface area contributed by atoms with Gasteiger partial charge in [-0.25, -0.2) is 18.0 Å². The summed E-state index contributed by atoms with van der Waals surface area (Å²) >= 11 is 0. The summed E-state index contributed by atoms with van der Waals surface area (Å²) in [5, 5.41) is 2.73. The first-order valence-electron chi connectivity index (χ1n) is 7.41. The number of carbonyl (C=O) groups is 2. The smallest absolute Gasteiger partial charge is 0.317 e. The number of rotatable bonds is 3. The summed E-state index contributed by atoms with van der Waals surface area (Å²) in [6.45, 7) is 3.51. The van der Waals surface area contributed by atoms with Crippen molar-refractivity contribution in [1.29, 1.82) is 0 Å². The summed E-state index contributed by atoms with van der Waals surface area (Å²) in [5.41, 5.74) is -0.507. The summed E-state index contributed by atoms with van der Waals surface area (Å²) in [6.07, 6.45) is 0.819. The fraction of sp³-hybridized carbons (Fsp3) is 0.467. The molecular formula is C15H18F3N3O2. The zero-order chi connectivity index (χ0) is 17.0. The third-order valence-electron chi connectivity index (χ3n) is 3.65. The fourth-order valence-electron chi connectivity index (χ4n) is 2.32. The molecule has 0 unspecified atom stereocenters. The van der Waals surface area contributed by atoms with Crippen LogP contribution in [0.25, 0.3) is 0 Å². The maximum Gasteiger partial charge on any atom is 0.317 e. The molecule has 0 aliphatic carbocycles. The summed E-state index contributed by atoms with van der Waals surface area (Å²) in [4.78, 5) is 26.9. The van der Waals surface area contributed by atoms with Crippen LogP contribution in [0.4, 0.5) is 18.0 Å². The van der Waals surface area contributed by atoms with Crippen molar-refractivity contribution in [2.45, 2.75) is 13.3 Å². The van der Waals surface area contributed by atoms with Gasteiger partial charge in [0.1, 0.15) is 0 Å². The first-order chi connectivity index (χ1) is 11.0. The zero-order valence-corrected chi connectivity index (χ0v) is 12.7. The number of piperazine rings is 1. The second kappa shape index (κ2) is 7.34. The first kappa shape index (κ1) is 17.1. The molecule has 0 saturated carbocycles. The average Bonchev–Trinajstić information content (AvgIpc) is 2.57. The molecule has 1 saturated heterocycles. The van der Waals surface area contributed by atoms with Gasteiger partial charge in [-0.15, -0.1) is 0 Å². The number of benzene rings is 1. The van der Waals surface area contributed by atoms with E-state index in [1.807, 2.05) is 6.92 Å². The molecule has 8 heteroatoms. The summed E-state index contributed by atoms with van der Waals surface area (Å²) < 4.78 is 39.8. The maximum absolute atomic E-state index is 13.7. The lowest BCUT2D eigenvalue weighted by Gasteiger charge is -2.34. The molecule has 126 valence electrons. The van der Waals surface area contributed by atoms with E-state index in [1.165, 1.54) is 4.90 Å². The standard InChI is InChI=1S/C15H18F3N3O2/c1-2-5-19-15(23)21-8-6-20(7-9-21)14(22)10-3-4-11(16)13(18)12(10)17/h3-4H,2,5-9H2,1H3,(H,19,23). The number of urea groups is 1. The SMILES string of the molecule is CCCNC(=O)N1CCN(C(=O)c2ccc(F)c(F)c2F)CC1. The van der Waals surface area contributed by atoms with E-state index in [0.717, 1.165) is 18.6 Å². The molecule has 0 radical (unpaired) electrons. The molecular weight excluding hydrogens is 311 g/mol. The Labute approximate surface area is 132 Å². The molecule has 0 aromatic heterocycles. The Morgan fingerprint density at radius 3 is 2.26 bits per heavy atom. The number of nitrogens with one attached hydrogen (secondary N) is 1. The van der Waals surface area contributed by atoms with Crippen LogP contribution in [0.5, 0.6) is 0 Å². The number of carbonyl (C=O) groups excluding carboxylic acids is 2. The zero-order valence-electron chi connectivity index (χ0n) is 12.7. The molecule has 1 aliphatic rings. The van der Waals surface area contributed by atoms with Crippen LogP contribution in [0.15, 0.2) is 12.1 Å². The van der Waals surface area contributed by atoms with Gasteiger partial charge < -0.3 is 15.1 Å². The molecule has 1 heterocycles. The molecule has 0 atom stereocenters. The third kappa shape index (κ3) is 3.75. The summed E-state index contributed by atoms with van der Waals surface area (Å²) in [5.74, 6) is -5.20. The molecule has 0 bridgehead atoms. The minimum absolute atomic E-state index is 0.205. The van der Waals surface area contributed by atoms with Crippen molar-refractivity contribution in [3.63, 3.8) is 0 Å². The van der Waals surface area contributed by atoms with Crippen molar-refractivity contribution in [2.75, 3.05) is 32.7 Å². The van der Waals surface area contributed by atoms with Crippen molar-refractivity contribution in [2.24, 2.45) is 0 Å². The van der Waals surface area contributed by atoms with Crippen LogP contribution in [0, 0.1) is 17.5 Å². The minimum atomic E-state index is -1.66. The number of amides is 3. The van der Waals surface area contributed by atoms with Gasteiger partial charge in [0.05, 0.1) is 5.56 Å². The van der Waals surface area contributed by atoms with E-state index < -0.39 is 28.9 Å². The van der Waals surface area contributed by atoms with E-state index in [2.05, 4.69) is 5.32 Å². The van der Waals surface area contributed by atoms with Crippen LogP contribution in [0.1, 0.15) is 23.7 Å². The highest BCUT2D eigenvalue weighted by Crippen LogP contribution is 2.17. The monoisotopic (exact) mass is 329 g/mol. The number of hydrogen-bond donors (Lipinski definition) is 1. The number of hydrogen-bond acceptors (Lipinski definition) is 2. The van der Waals surface area contributed by atoms with Gasteiger partial charge in [0.25, 0.3) is 5.91 Å². The van der Waals surface area contributed by atoms with Crippen molar-refractivity contribution < 1.29 is 22.8 Å². The van der Waals surface area contributed by atoms with Crippen LogP contribution in [-0.2, 0) is 0 Å². The largest absolute Gasteiger partial charge is 0.338 e. The molecule has 5 nitrogen and oxygen atoms in total. The van der Waals surface area contributed by atoms with E-state index in [0.29, 0.717) is 19.6 Å². The Bertz CT molecular complexity index is 602. The molecule has 1 fully saturated rings. The second-order valence-electron chi connectivity index (χ2n) is 5.23. The maximum atomic E-state index is 13.7. The number of halogens is 3. The highest BCUT2D eigenvalue weighted by Gasteiger charge is 2.27. The average molecular weight is 329 g/mol. The van der Waals surface area contributed by atoms with Crippen LogP contribution in [0.2, 0.25) is 0 Å². The van der Waals surface area contributed by atoms with E-state index in [-0.39, 0.29) is 19.1 Å². The Balaban J connectivity index is 1.99. The van der Waals surface area contributed by atoms with E-state index >= 15 is 0 Å². The molecule has 2 rings (SSSR count). The van der Waals surface area contributed by atoms with Gasteiger partial charge in [-0.05, 0) is 18.6 Å². The van der Waals surface area contributed by atoms with E-state index in [9.17, 15) is 22.8 Å². The molecule has 0 spiro atoms. The van der Waals surface area contributed by atoms with Crippen LogP contribution in [0.3, 0.4) is 0 Å². The third-order valence-corrected chi connectivity index (χ3v) is 3.65. The predicted molar refractivity (Wildman–Crippen MR) is 77.5 cm³/mol. The van der Waals surface area contributed by atoms with E-state index in [1.54, 1.807) is 4.90 Å². The van der Waals surface area contributed by atoms with Crippen LogP contribution >= 0.6 is 0 Å². The van der Waals surface area contributed by atoms with Crippen LogP contribution < -0.4 is 5.32 Å².